The maximum atomic E-state index is 8.68. The van der Waals surface area contributed by atoms with Crippen LogP contribution in [-0.4, -0.2) is 0 Å². The van der Waals surface area contributed by atoms with E-state index in [4.69, 9.17) is 14.4 Å². The van der Waals surface area contributed by atoms with Gasteiger partial charge in [-0.1, -0.05) is 6.58 Å². The molecule has 1 heterocycles. The van der Waals surface area contributed by atoms with Gasteiger partial charge in [0, 0.05) is 0 Å². The van der Waals surface area contributed by atoms with E-state index in [9.17, 15) is 0 Å². The Labute approximate surface area is 99.6 Å². The minimum atomic E-state index is -0.321. The van der Waals surface area contributed by atoms with Gasteiger partial charge >= 0.3 is 0 Å². The van der Waals surface area contributed by atoms with E-state index in [-0.39, 0.29) is 6.10 Å². The molecule has 3 nitrogen and oxygen atoms in total. The van der Waals surface area contributed by atoms with E-state index in [1.807, 2.05) is 6.07 Å². The zero-order valence-electron chi connectivity index (χ0n) is 9.17. The Bertz CT molecular complexity index is 520. The largest absolute Gasteiger partial charge is 0.478 e. The van der Waals surface area contributed by atoms with Crippen molar-refractivity contribution < 1.29 is 9.15 Å². The van der Waals surface area contributed by atoms with E-state index in [1.165, 1.54) is 0 Å². The molecule has 0 N–H and O–H groups in total. The van der Waals surface area contributed by atoms with Gasteiger partial charge in [-0.2, -0.15) is 5.26 Å². The van der Waals surface area contributed by atoms with Gasteiger partial charge < -0.3 is 9.15 Å². The van der Waals surface area contributed by atoms with Crippen LogP contribution in [0.3, 0.4) is 0 Å². The van der Waals surface area contributed by atoms with Crippen LogP contribution in [0.25, 0.3) is 0 Å². The van der Waals surface area contributed by atoms with Gasteiger partial charge in [-0.05, 0) is 42.5 Å². The molecule has 0 fully saturated rings. The number of benzene rings is 1. The fraction of sp³-hybridized carbons (Fsp3) is 0.0714. The molecule has 2 rings (SSSR count). The normalized spacial score (nSPS) is 11.5. The molecule has 0 saturated carbocycles. The Morgan fingerprint density at radius 3 is 2.59 bits per heavy atom. The molecule has 84 valence electrons. The van der Waals surface area contributed by atoms with Crippen LogP contribution < -0.4 is 4.74 Å². The summed E-state index contributed by atoms with van der Waals surface area (Å²) >= 11 is 0. The number of hydrogen-bond donors (Lipinski definition) is 0. The molecular formula is C14H11NO2. The predicted molar refractivity (Wildman–Crippen MR) is 63.4 cm³/mol. The van der Waals surface area contributed by atoms with Gasteiger partial charge in [-0.3, -0.25) is 0 Å². The summed E-state index contributed by atoms with van der Waals surface area (Å²) in [5.41, 5.74) is 0.602. The van der Waals surface area contributed by atoms with Crippen LogP contribution in [0.15, 0.2) is 59.7 Å². The zero-order valence-corrected chi connectivity index (χ0v) is 9.17. The molecule has 0 bridgehead atoms. The lowest BCUT2D eigenvalue weighted by molar-refractivity contribution is 0.222. The molecule has 3 heteroatoms. The highest BCUT2D eigenvalue weighted by molar-refractivity contribution is 5.35. The molecule has 17 heavy (non-hydrogen) atoms. The van der Waals surface area contributed by atoms with Crippen molar-refractivity contribution in [2.24, 2.45) is 0 Å². The van der Waals surface area contributed by atoms with E-state index in [0.717, 1.165) is 0 Å². The standard InChI is InChI=1S/C14H11NO2/c1-2-13(14-4-3-9-16-14)17-12-7-5-11(10-15)6-8-12/h2-9,13H,1H2. The van der Waals surface area contributed by atoms with E-state index >= 15 is 0 Å². The van der Waals surface area contributed by atoms with Gasteiger partial charge in [-0.25, -0.2) is 0 Å². The second-order valence-corrected chi connectivity index (χ2v) is 3.43. The summed E-state index contributed by atoms with van der Waals surface area (Å²) in [6.45, 7) is 3.71. The van der Waals surface area contributed by atoms with Crippen molar-refractivity contribution in [2.45, 2.75) is 6.10 Å². The number of ether oxygens (including phenoxy) is 1. The molecule has 2 aromatic rings. The molecule has 1 aromatic carbocycles. The quantitative estimate of drug-likeness (QED) is 0.748. The average molecular weight is 225 g/mol. The van der Waals surface area contributed by atoms with Gasteiger partial charge in [0.1, 0.15) is 11.5 Å². The van der Waals surface area contributed by atoms with Crippen molar-refractivity contribution >= 4 is 0 Å². The Morgan fingerprint density at radius 1 is 1.29 bits per heavy atom. The summed E-state index contributed by atoms with van der Waals surface area (Å²) in [7, 11) is 0. The Kier molecular flexibility index (Phi) is 3.27. The lowest BCUT2D eigenvalue weighted by Crippen LogP contribution is -2.02. The Hall–Kier alpha value is -2.47. The summed E-state index contributed by atoms with van der Waals surface area (Å²) in [5, 5.41) is 8.68. The Morgan fingerprint density at radius 2 is 2.06 bits per heavy atom. The van der Waals surface area contributed by atoms with Crippen molar-refractivity contribution in [1.29, 1.82) is 5.26 Å². The maximum Gasteiger partial charge on any atom is 0.174 e. The molecular weight excluding hydrogens is 214 g/mol. The lowest BCUT2D eigenvalue weighted by atomic mass is 10.2. The highest BCUT2D eigenvalue weighted by Crippen LogP contribution is 2.23. The van der Waals surface area contributed by atoms with Crippen LogP contribution in [0.5, 0.6) is 5.75 Å². The lowest BCUT2D eigenvalue weighted by Gasteiger charge is -2.12. The van der Waals surface area contributed by atoms with E-state index < -0.39 is 0 Å². The summed E-state index contributed by atoms with van der Waals surface area (Å²) in [6, 6.07) is 12.6. The first-order valence-electron chi connectivity index (χ1n) is 5.16. The highest BCUT2D eigenvalue weighted by atomic mass is 16.5. The number of hydrogen-bond acceptors (Lipinski definition) is 3. The highest BCUT2D eigenvalue weighted by Gasteiger charge is 2.11. The van der Waals surface area contributed by atoms with Gasteiger partial charge in [-0.15, -0.1) is 0 Å². The van der Waals surface area contributed by atoms with Crippen molar-refractivity contribution in [1.82, 2.24) is 0 Å². The minimum Gasteiger partial charge on any atom is -0.478 e. The third kappa shape index (κ3) is 2.56. The molecule has 0 saturated heterocycles. The van der Waals surface area contributed by atoms with Crippen LogP contribution in [-0.2, 0) is 0 Å². The molecule has 0 radical (unpaired) electrons. The zero-order chi connectivity index (χ0) is 12.1. The molecule has 0 spiro atoms. The van der Waals surface area contributed by atoms with Crippen LogP contribution in [0.1, 0.15) is 17.4 Å². The van der Waals surface area contributed by atoms with E-state index in [2.05, 4.69) is 12.6 Å². The molecule has 0 aliphatic rings. The fourth-order valence-corrected chi connectivity index (χ4v) is 1.43. The van der Waals surface area contributed by atoms with Gasteiger partial charge in [0.15, 0.2) is 6.10 Å². The van der Waals surface area contributed by atoms with Crippen molar-refractivity contribution in [3.63, 3.8) is 0 Å². The first-order valence-corrected chi connectivity index (χ1v) is 5.16. The van der Waals surface area contributed by atoms with Crippen LogP contribution in [0, 0.1) is 11.3 Å². The topological polar surface area (TPSA) is 46.2 Å². The molecule has 0 aliphatic carbocycles. The third-order valence-electron chi connectivity index (χ3n) is 2.28. The van der Waals surface area contributed by atoms with Crippen molar-refractivity contribution in [3.8, 4) is 11.8 Å². The summed E-state index contributed by atoms with van der Waals surface area (Å²) in [5.74, 6) is 1.37. The van der Waals surface area contributed by atoms with Gasteiger partial charge in [0.2, 0.25) is 0 Å². The smallest absolute Gasteiger partial charge is 0.174 e. The molecule has 1 atom stereocenters. The SMILES string of the molecule is C=CC(Oc1ccc(C#N)cc1)c1ccco1. The third-order valence-corrected chi connectivity index (χ3v) is 2.28. The Balaban J connectivity index is 2.14. The summed E-state index contributed by atoms with van der Waals surface area (Å²) < 4.78 is 10.9. The second kappa shape index (κ2) is 5.04. The first kappa shape index (κ1) is 11.0. The van der Waals surface area contributed by atoms with Crippen LogP contribution >= 0.6 is 0 Å². The predicted octanol–water partition coefficient (Wildman–Crippen LogP) is 3.46. The monoisotopic (exact) mass is 225 g/mol. The summed E-state index contributed by atoms with van der Waals surface area (Å²) in [4.78, 5) is 0. The van der Waals surface area contributed by atoms with Gasteiger partial charge in [0.25, 0.3) is 0 Å². The van der Waals surface area contributed by atoms with E-state index in [0.29, 0.717) is 17.1 Å². The first-order chi connectivity index (χ1) is 8.33. The van der Waals surface area contributed by atoms with E-state index in [1.54, 1.807) is 42.7 Å². The number of rotatable bonds is 4. The maximum absolute atomic E-state index is 8.68. The fourth-order valence-electron chi connectivity index (χ4n) is 1.43. The number of nitriles is 1. The van der Waals surface area contributed by atoms with Crippen molar-refractivity contribution in [3.05, 3.63) is 66.6 Å². The second-order valence-electron chi connectivity index (χ2n) is 3.43. The van der Waals surface area contributed by atoms with Crippen LogP contribution in [0.2, 0.25) is 0 Å². The minimum absolute atomic E-state index is 0.321. The molecule has 1 aromatic heterocycles. The molecule has 0 amide bonds. The van der Waals surface area contributed by atoms with Crippen LogP contribution in [0.4, 0.5) is 0 Å². The number of nitrogens with zero attached hydrogens (tertiary/aromatic N) is 1. The average Bonchev–Trinajstić information content (AvgIpc) is 2.90. The van der Waals surface area contributed by atoms with Gasteiger partial charge in [0.05, 0.1) is 17.9 Å². The molecule has 1 unspecified atom stereocenters. The molecule has 0 aliphatic heterocycles. The summed E-state index contributed by atoms with van der Waals surface area (Å²) in [6.07, 6.45) is 2.93. The van der Waals surface area contributed by atoms with Crippen molar-refractivity contribution in [2.75, 3.05) is 0 Å². The number of furan rings is 1.